The molecule has 1 aromatic carbocycles. The van der Waals surface area contributed by atoms with Gasteiger partial charge < -0.3 is 10.6 Å². The lowest BCUT2D eigenvalue weighted by atomic mass is 9.49. The monoisotopic (exact) mass is 352 g/mol. The Morgan fingerprint density at radius 3 is 2.27 bits per heavy atom. The van der Waals surface area contributed by atoms with Gasteiger partial charge in [0.15, 0.2) is 0 Å². The van der Waals surface area contributed by atoms with Crippen LogP contribution < -0.4 is 5.73 Å². The number of rotatable bonds is 3. The molecule has 2 N–H and O–H groups in total. The van der Waals surface area contributed by atoms with Gasteiger partial charge in [0, 0.05) is 13.0 Å². The van der Waals surface area contributed by atoms with Crippen LogP contribution in [0.2, 0.25) is 0 Å². The number of nitrogens with zero attached hydrogens (tertiary/aromatic N) is 1. The van der Waals surface area contributed by atoms with Crippen molar-refractivity contribution < 1.29 is 9.59 Å². The first-order valence-electron chi connectivity index (χ1n) is 10.2. The predicted molar refractivity (Wildman–Crippen MR) is 99.0 cm³/mol. The van der Waals surface area contributed by atoms with Crippen molar-refractivity contribution in [2.24, 2.45) is 28.9 Å². The van der Waals surface area contributed by atoms with E-state index in [2.05, 4.69) is 0 Å². The minimum Gasteiger partial charge on any atom is -0.368 e. The number of carbonyl (C=O) groups is 2. The van der Waals surface area contributed by atoms with Crippen molar-refractivity contribution in [3.05, 3.63) is 35.4 Å². The molecule has 1 atom stereocenters. The minimum absolute atomic E-state index is 0.144. The van der Waals surface area contributed by atoms with Crippen LogP contribution in [-0.4, -0.2) is 23.3 Å². The molecule has 4 nitrogen and oxygen atoms in total. The van der Waals surface area contributed by atoms with Gasteiger partial charge in [0.1, 0.15) is 6.04 Å². The normalized spacial score (nSPS) is 37.5. The first-order chi connectivity index (χ1) is 12.5. The summed E-state index contributed by atoms with van der Waals surface area (Å²) in [7, 11) is 0. The molecule has 2 amide bonds. The molecule has 0 radical (unpaired) electrons. The summed E-state index contributed by atoms with van der Waals surface area (Å²) in [5.41, 5.74) is 8.01. The van der Waals surface area contributed by atoms with E-state index in [1.807, 2.05) is 24.3 Å². The second kappa shape index (κ2) is 5.83. The van der Waals surface area contributed by atoms with Crippen LogP contribution in [0.1, 0.15) is 62.1 Å². The average molecular weight is 352 g/mol. The molecule has 138 valence electrons. The number of amides is 2. The highest BCUT2D eigenvalue weighted by atomic mass is 16.2. The summed E-state index contributed by atoms with van der Waals surface area (Å²) < 4.78 is 0. The Labute approximate surface area is 155 Å². The maximum atomic E-state index is 13.3. The highest BCUT2D eigenvalue weighted by Gasteiger charge is 2.52. The summed E-state index contributed by atoms with van der Waals surface area (Å²) in [4.78, 5) is 27.3. The molecule has 4 aliphatic carbocycles. The first-order valence-corrected chi connectivity index (χ1v) is 10.2. The largest absolute Gasteiger partial charge is 0.368 e. The molecule has 0 spiro atoms. The third kappa shape index (κ3) is 2.57. The van der Waals surface area contributed by atoms with Gasteiger partial charge in [-0.3, -0.25) is 9.59 Å². The van der Waals surface area contributed by atoms with Crippen LogP contribution in [-0.2, 0) is 16.0 Å². The van der Waals surface area contributed by atoms with Crippen molar-refractivity contribution in [2.45, 2.75) is 57.4 Å². The maximum Gasteiger partial charge on any atom is 0.244 e. The smallest absolute Gasteiger partial charge is 0.244 e. The Morgan fingerprint density at radius 2 is 1.65 bits per heavy atom. The van der Waals surface area contributed by atoms with Crippen molar-refractivity contribution >= 4 is 11.8 Å². The molecule has 4 heteroatoms. The van der Waals surface area contributed by atoms with Gasteiger partial charge in [-0.2, -0.15) is 0 Å². The highest BCUT2D eigenvalue weighted by Crippen LogP contribution is 2.61. The van der Waals surface area contributed by atoms with Crippen LogP contribution in [0.25, 0.3) is 0 Å². The summed E-state index contributed by atoms with van der Waals surface area (Å²) in [5, 5.41) is 0. The Hall–Kier alpha value is -1.84. The van der Waals surface area contributed by atoms with E-state index < -0.39 is 11.9 Å². The van der Waals surface area contributed by atoms with Gasteiger partial charge in [-0.25, -0.2) is 0 Å². The Balaban J connectivity index is 1.39. The van der Waals surface area contributed by atoms with Crippen molar-refractivity contribution in [3.8, 4) is 0 Å². The highest BCUT2D eigenvalue weighted by molar-refractivity contribution is 5.88. The topological polar surface area (TPSA) is 63.4 Å². The number of carbonyl (C=O) groups excluding carboxylic acids is 2. The van der Waals surface area contributed by atoms with Crippen LogP contribution in [0.15, 0.2) is 24.3 Å². The molecule has 1 aromatic rings. The average Bonchev–Trinajstić information content (AvgIpc) is 2.58. The van der Waals surface area contributed by atoms with Crippen molar-refractivity contribution in [1.82, 2.24) is 4.90 Å². The molecular weight excluding hydrogens is 324 g/mol. The molecule has 4 bridgehead atoms. The second-order valence-electron chi connectivity index (χ2n) is 9.44. The number of nitrogens with two attached hydrogens (primary N) is 1. The fourth-order valence-electron chi connectivity index (χ4n) is 7.07. The predicted octanol–water partition coefficient (Wildman–Crippen LogP) is 3.20. The standard InChI is InChI=1S/C22H28N2O2/c23-21(26)20-18-4-2-1-3-17(18)5-6-24(20)19(25)13-22-10-14-7-15(11-22)9-16(8-14)12-22/h1-4,14-16,20H,5-13H2,(H2,23,26). The van der Waals surface area contributed by atoms with E-state index in [9.17, 15) is 9.59 Å². The summed E-state index contributed by atoms with van der Waals surface area (Å²) in [6.07, 6.45) is 9.23. The summed E-state index contributed by atoms with van der Waals surface area (Å²) in [6, 6.07) is 7.33. The summed E-state index contributed by atoms with van der Waals surface area (Å²) in [6.45, 7) is 0.607. The summed E-state index contributed by atoms with van der Waals surface area (Å²) in [5.74, 6) is 2.25. The third-order valence-corrected chi connectivity index (χ3v) is 7.56. The number of hydrogen-bond acceptors (Lipinski definition) is 2. The molecule has 6 rings (SSSR count). The number of fused-ring (bicyclic) bond motifs is 1. The lowest BCUT2D eigenvalue weighted by Gasteiger charge is -2.57. The maximum absolute atomic E-state index is 13.3. The van der Waals surface area contributed by atoms with E-state index in [-0.39, 0.29) is 11.3 Å². The van der Waals surface area contributed by atoms with Crippen LogP contribution in [0.4, 0.5) is 0 Å². The summed E-state index contributed by atoms with van der Waals surface area (Å²) >= 11 is 0. The van der Waals surface area contributed by atoms with Gasteiger partial charge in [0.25, 0.3) is 0 Å². The van der Waals surface area contributed by atoms with E-state index in [0.29, 0.717) is 13.0 Å². The molecule has 1 aliphatic heterocycles. The van der Waals surface area contributed by atoms with Gasteiger partial charge in [-0.05, 0) is 79.2 Å². The molecule has 26 heavy (non-hydrogen) atoms. The lowest BCUT2D eigenvalue weighted by molar-refractivity contribution is -0.146. The zero-order chi connectivity index (χ0) is 17.9. The second-order valence-corrected chi connectivity index (χ2v) is 9.44. The van der Waals surface area contributed by atoms with Gasteiger partial charge >= 0.3 is 0 Å². The first kappa shape index (κ1) is 16.3. The van der Waals surface area contributed by atoms with Crippen LogP contribution >= 0.6 is 0 Å². The van der Waals surface area contributed by atoms with E-state index in [4.69, 9.17) is 5.73 Å². The fraction of sp³-hybridized carbons (Fsp3) is 0.636. The SMILES string of the molecule is NC(=O)C1c2ccccc2CCN1C(=O)CC12CC3CC(CC(C3)C1)C2. The lowest BCUT2D eigenvalue weighted by Crippen LogP contribution is -2.51. The van der Waals surface area contributed by atoms with Crippen molar-refractivity contribution in [2.75, 3.05) is 6.54 Å². The number of primary amides is 1. The molecule has 5 aliphatic rings. The van der Waals surface area contributed by atoms with Gasteiger partial charge in [0.2, 0.25) is 11.8 Å². The Morgan fingerprint density at radius 1 is 1.04 bits per heavy atom. The van der Waals surface area contributed by atoms with Crippen LogP contribution in [0.5, 0.6) is 0 Å². The van der Waals surface area contributed by atoms with Gasteiger partial charge in [-0.15, -0.1) is 0 Å². The Bertz CT molecular complexity index is 721. The zero-order valence-electron chi connectivity index (χ0n) is 15.3. The quantitative estimate of drug-likeness (QED) is 0.908. The molecule has 0 aromatic heterocycles. The molecule has 4 saturated carbocycles. The van der Waals surface area contributed by atoms with Crippen molar-refractivity contribution in [3.63, 3.8) is 0 Å². The third-order valence-electron chi connectivity index (χ3n) is 7.56. The van der Waals surface area contributed by atoms with Gasteiger partial charge in [-0.1, -0.05) is 24.3 Å². The van der Waals surface area contributed by atoms with E-state index in [1.165, 1.54) is 38.5 Å². The van der Waals surface area contributed by atoms with Gasteiger partial charge in [0.05, 0.1) is 0 Å². The minimum atomic E-state index is -0.596. The molecular formula is C22H28N2O2. The molecule has 1 unspecified atom stereocenters. The molecule has 4 fully saturated rings. The van der Waals surface area contributed by atoms with E-state index in [1.54, 1.807) is 4.90 Å². The van der Waals surface area contributed by atoms with Crippen LogP contribution in [0, 0.1) is 23.2 Å². The molecule has 0 saturated heterocycles. The Kier molecular flexibility index (Phi) is 3.67. The fourth-order valence-corrected chi connectivity index (χ4v) is 7.07. The molecule has 1 heterocycles. The van der Waals surface area contributed by atoms with Crippen LogP contribution in [0.3, 0.4) is 0 Å². The zero-order valence-corrected chi connectivity index (χ0v) is 15.3. The van der Waals surface area contributed by atoms with Crippen molar-refractivity contribution in [1.29, 1.82) is 0 Å². The van der Waals surface area contributed by atoms with E-state index >= 15 is 0 Å². The number of hydrogen-bond donors (Lipinski definition) is 1. The number of benzene rings is 1. The van der Waals surface area contributed by atoms with E-state index in [0.717, 1.165) is 35.3 Å².